The molecule has 0 amide bonds. The minimum Gasteiger partial charge on any atom is -0.393 e. The first-order valence-electron chi connectivity index (χ1n) is 4.66. The van der Waals surface area contributed by atoms with Crippen molar-refractivity contribution in [1.29, 1.82) is 0 Å². The molecule has 0 atom stereocenters. The first kappa shape index (κ1) is 17.4. The third kappa shape index (κ3) is 22.8. The van der Waals surface area contributed by atoms with Gasteiger partial charge in [-0.05, 0) is 5.92 Å². The summed E-state index contributed by atoms with van der Waals surface area (Å²) in [5.41, 5.74) is 5.49. The molecule has 0 aliphatic rings. The Morgan fingerprint density at radius 2 is 1.67 bits per heavy atom. The Hall–Kier alpha value is -0.750. The summed E-state index contributed by atoms with van der Waals surface area (Å²) in [6.45, 7) is 12.0. The van der Waals surface area contributed by atoms with E-state index in [1.807, 2.05) is 41.5 Å². The van der Waals surface area contributed by atoms with Crippen LogP contribution in [0.4, 0.5) is 0 Å². The van der Waals surface area contributed by atoms with Crippen LogP contribution in [0.2, 0.25) is 0 Å². The van der Waals surface area contributed by atoms with Crippen molar-refractivity contribution < 1.29 is 6.22 Å². The van der Waals surface area contributed by atoms with Crippen LogP contribution >= 0.6 is 0 Å². The Morgan fingerprint density at radius 3 is 1.75 bits per heavy atom. The molecule has 2 heteroatoms. The predicted molar refractivity (Wildman–Crippen MR) is 57.7 cm³/mol. The average Bonchev–Trinajstić information content (AvgIpc) is 2.10. The van der Waals surface area contributed by atoms with Gasteiger partial charge >= 0.3 is 0 Å². The van der Waals surface area contributed by atoms with Gasteiger partial charge in [0.05, 0.1) is 5.70 Å². The zero-order valence-electron chi connectivity index (χ0n) is 9.27. The lowest BCUT2D eigenvalue weighted by Gasteiger charge is -1.98. The molecular weight excluding hydrogens is 150 g/mol. The van der Waals surface area contributed by atoms with E-state index in [9.17, 15) is 4.79 Å². The van der Waals surface area contributed by atoms with Crippen molar-refractivity contribution in [2.45, 2.75) is 48.0 Å². The highest BCUT2D eigenvalue weighted by molar-refractivity contribution is 5.50. The summed E-state index contributed by atoms with van der Waals surface area (Å²) in [4.78, 5) is 9.75. The lowest BCUT2D eigenvalue weighted by molar-refractivity contribution is 0.560. The second-order valence-electron chi connectivity index (χ2n) is 2.23. The van der Waals surface area contributed by atoms with Crippen molar-refractivity contribution in [1.82, 2.24) is 0 Å². The lowest BCUT2D eigenvalue weighted by atomic mass is 10.1. The maximum Gasteiger partial charge on any atom is 0.145 e. The minimum atomic E-state index is 0. The molecule has 0 aliphatic heterocycles. The van der Waals surface area contributed by atoms with Gasteiger partial charge in [-0.2, -0.15) is 0 Å². The normalized spacial score (nSPS) is 6.92. The van der Waals surface area contributed by atoms with E-state index in [0.29, 0.717) is 18.0 Å². The van der Waals surface area contributed by atoms with Gasteiger partial charge < -0.3 is 5.73 Å². The first-order chi connectivity index (χ1) is 5.66. The third-order valence-corrected chi connectivity index (χ3v) is 0.759. The quantitative estimate of drug-likeness (QED) is 0.656. The van der Waals surface area contributed by atoms with Crippen LogP contribution in [0.15, 0.2) is 5.70 Å². The molecule has 0 aromatic carbocycles. The summed E-state index contributed by atoms with van der Waals surface area (Å²) in [5.74, 6) is 2.10. The molecule has 2 nitrogen and oxygen atoms in total. The standard InChI is InChI=1S/C6H11NO.2C2H6.H2/c1-5(2)3-6(7)4-8;2*1-2;/h5H,3,7H2,1-2H3;2*1-2H3;1H. The minimum absolute atomic E-state index is 0. The highest BCUT2D eigenvalue weighted by Gasteiger charge is 1.94. The van der Waals surface area contributed by atoms with E-state index < -0.39 is 0 Å². The second kappa shape index (κ2) is 16.7. The number of rotatable bonds is 2. The molecule has 0 saturated heterocycles. The summed E-state index contributed by atoms with van der Waals surface area (Å²) in [6, 6.07) is 0. The van der Waals surface area contributed by atoms with E-state index in [4.69, 9.17) is 5.73 Å². The van der Waals surface area contributed by atoms with Crippen molar-refractivity contribution in [3.63, 3.8) is 0 Å². The number of hydrogen-bond donors (Lipinski definition) is 1. The molecule has 12 heavy (non-hydrogen) atoms. The molecule has 0 rings (SSSR count). The molecule has 0 aromatic heterocycles. The molecule has 0 fully saturated rings. The van der Waals surface area contributed by atoms with Gasteiger partial charge in [0.15, 0.2) is 0 Å². The first-order valence-corrected chi connectivity index (χ1v) is 4.66. The fraction of sp³-hybridized carbons (Fsp3) is 0.800. The molecule has 0 radical (unpaired) electrons. The van der Waals surface area contributed by atoms with Crippen LogP contribution in [-0.2, 0) is 4.79 Å². The second-order valence-corrected chi connectivity index (χ2v) is 2.23. The van der Waals surface area contributed by atoms with E-state index in [0.717, 1.165) is 0 Å². The van der Waals surface area contributed by atoms with Gasteiger partial charge in [0.1, 0.15) is 5.94 Å². The third-order valence-electron chi connectivity index (χ3n) is 0.759. The summed E-state index contributed by atoms with van der Waals surface area (Å²) >= 11 is 0. The molecule has 0 aliphatic carbocycles. The number of allylic oxidation sites excluding steroid dienone is 1. The fourth-order valence-electron chi connectivity index (χ4n) is 0.481. The smallest absolute Gasteiger partial charge is 0.145 e. The van der Waals surface area contributed by atoms with E-state index in [1.54, 1.807) is 5.94 Å². The fourth-order valence-corrected chi connectivity index (χ4v) is 0.481. The van der Waals surface area contributed by atoms with Gasteiger partial charge in [0, 0.05) is 7.85 Å². The highest BCUT2D eigenvalue weighted by Crippen LogP contribution is 2.01. The topological polar surface area (TPSA) is 43.1 Å². The van der Waals surface area contributed by atoms with Crippen molar-refractivity contribution >= 4 is 5.94 Å². The van der Waals surface area contributed by atoms with E-state index >= 15 is 0 Å². The van der Waals surface area contributed by atoms with Crippen LogP contribution in [0.1, 0.15) is 49.4 Å². The average molecular weight is 175 g/mol. The van der Waals surface area contributed by atoms with Crippen LogP contribution in [0.5, 0.6) is 0 Å². The maximum absolute atomic E-state index is 9.75. The molecule has 0 heterocycles. The Morgan fingerprint density at radius 1 is 1.33 bits per heavy atom. The summed E-state index contributed by atoms with van der Waals surface area (Å²) < 4.78 is 0. The molecule has 0 aromatic rings. The predicted octanol–water partition coefficient (Wildman–Crippen LogP) is 3.01. The summed E-state index contributed by atoms with van der Waals surface area (Å²) in [5, 5.41) is 0. The summed E-state index contributed by atoms with van der Waals surface area (Å²) in [7, 11) is 0. The lowest BCUT2D eigenvalue weighted by Crippen LogP contribution is -2.01. The van der Waals surface area contributed by atoms with Gasteiger partial charge in [-0.3, -0.25) is 0 Å². The SMILES string of the molecule is CC.CC.CC(C)CC(N)=C=O.[HH]. The Labute approximate surface area is 78.3 Å². The van der Waals surface area contributed by atoms with Crippen LogP contribution in [-0.4, -0.2) is 5.94 Å². The van der Waals surface area contributed by atoms with Gasteiger partial charge in [-0.1, -0.05) is 41.5 Å². The molecule has 0 bridgehead atoms. The highest BCUT2D eigenvalue weighted by atomic mass is 16.1. The van der Waals surface area contributed by atoms with E-state index in [-0.39, 0.29) is 1.43 Å². The van der Waals surface area contributed by atoms with Gasteiger partial charge in [0.2, 0.25) is 0 Å². The number of nitrogens with two attached hydrogens (primary N) is 1. The zero-order valence-corrected chi connectivity index (χ0v) is 9.27. The van der Waals surface area contributed by atoms with E-state index in [2.05, 4.69) is 0 Å². The van der Waals surface area contributed by atoms with Crippen LogP contribution in [0.3, 0.4) is 0 Å². The van der Waals surface area contributed by atoms with Crippen molar-refractivity contribution in [2.75, 3.05) is 0 Å². The molecule has 76 valence electrons. The monoisotopic (exact) mass is 175 g/mol. The molecular formula is C10H25NO. The molecule has 0 saturated carbocycles. The van der Waals surface area contributed by atoms with Crippen molar-refractivity contribution in [2.24, 2.45) is 11.7 Å². The number of hydrogen-bond acceptors (Lipinski definition) is 2. The van der Waals surface area contributed by atoms with Crippen molar-refractivity contribution in [3.05, 3.63) is 5.70 Å². The van der Waals surface area contributed by atoms with Crippen molar-refractivity contribution in [3.8, 4) is 0 Å². The Kier molecular flexibility index (Phi) is 24.1. The largest absolute Gasteiger partial charge is 0.393 e. The van der Waals surface area contributed by atoms with Crippen LogP contribution in [0, 0.1) is 5.92 Å². The zero-order chi connectivity index (χ0) is 10.6. The van der Waals surface area contributed by atoms with Crippen LogP contribution in [0.25, 0.3) is 0 Å². The molecule has 2 N–H and O–H groups in total. The van der Waals surface area contributed by atoms with Gasteiger partial charge in [0.25, 0.3) is 0 Å². The van der Waals surface area contributed by atoms with E-state index in [1.165, 1.54) is 0 Å². The molecule has 0 spiro atoms. The van der Waals surface area contributed by atoms with Crippen LogP contribution < -0.4 is 5.73 Å². The van der Waals surface area contributed by atoms with Gasteiger partial charge in [-0.25, -0.2) is 4.79 Å². The van der Waals surface area contributed by atoms with Gasteiger partial charge in [-0.15, -0.1) is 0 Å². The maximum atomic E-state index is 9.75. The number of carbonyl (C=O) groups excluding carboxylic acids is 1. The Bertz CT molecular complexity index is 118. The molecule has 0 unspecified atom stereocenters. The summed E-state index contributed by atoms with van der Waals surface area (Å²) in [6.07, 6.45) is 0.656. The Balaban J connectivity index is -0.0000000712.